The van der Waals surface area contributed by atoms with Crippen LogP contribution in [0.4, 0.5) is 0 Å². The van der Waals surface area contributed by atoms with Gasteiger partial charge in [0, 0.05) is 25.6 Å². The summed E-state index contributed by atoms with van der Waals surface area (Å²) in [5, 5.41) is 2.98. The minimum absolute atomic E-state index is 0.0267. The van der Waals surface area contributed by atoms with Gasteiger partial charge in [-0.25, -0.2) is 0 Å². The van der Waals surface area contributed by atoms with Gasteiger partial charge in [0.05, 0.1) is 0 Å². The Morgan fingerprint density at radius 3 is 2.59 bits per heavy atom. The van der Waals surface area contributed by atoms with Crippen LogP contribution < -0.4 is 10.1 Å². The van der Waals surface area contributed by atoms with E-state index in [9.17, 15) is 9.59 Å². The zero-order chi connectivity index (χ0) is 15.9. The fourth-order valence-electron chi connectivity index (χ4n) is 2.63. The van der Waals surface area contributed by atoms with E-state index < -0.39 is 0 Å². The Morgan fingerprint density at radius 2 is 1.95 bits per heavy atom. The van der Waals surface area contributed by atoms with E-state index in [0.29, 0.717) is 6.42 Å². The molecule has 0 unspecified atom stereocenters. The van der Waals surface area contributed by atoms with Gasteiger partial charge in [0.25, 0.3) is 5.91 Å². The molecule has 1 aromatic rings. The summed E-state index contributed by atoms with van der Waals surface area (Å²) in [6.07, 6.45) is 2.16. The third-order valence-electron chi connectivity index (χ3n) is 3.97. The number of rotatable bonds is 5. The minimum atomic E-state index is -0.108. The second-order valence-electron chi connectivity index (χ2n) is 5.63. The fraction of sp³-hybridized carbons (Fsp3) is 0.529. The maximum absolute atomic E-state index is 12.0. The van der Waals surface area contributed by atoms with Crippen LogP contribution in [0.5, 0.6) is 5.75 Å². The monoisotopic (exact) mass is 304 g/mol. The van der Waals surface area contributed by atoms with Crippen molar-refractivity contribution < 1.29 is 14.3 Å². The summed E-state index contributed by atoms with van der Waals surface area (Å²) in [6, 6.07) is 7.77. The largest absolute Gasteiger partial charge is 0.484 e. The minimum Gasteiger partial charge on any atom is -0.484 e. The number of nitrogens with zero attached hydrogens (tertiary/aromatic N) is 1. The highest BCUT2D eigenvalue weighted by Crippen LogP contribution is 2.16. The molecule has 1 fully saturated rings. The molecule has 22 heavy (non-hydrogen) atoms. The Hall–Kier alpha value is -2.04. The van der Waals surface area contributed by atoms with Gasteiger partial charge in [-0.1, -0.05) is 25.1 Å². The summed E-state index contributed by atoms with van der Waals surface area (Å²) >= 11 is 0. The van der Waals surface area contributed by atoms with Gasteiger partial charge in [-0.15, -0.1) is 0 Å². The number of piperidine rings is 1. The standard InChI is InChI=1S/C17H24N2O3/c1-3-17(21)19-10-8-14(9-11-19)18-16(20)12-22-15-7-5-4-6-13(15)2/h4-7,14H,3,8-12H2,1-2H3,(H,18,20). The van der Waals surface area contributed by atoms with Crippen LogP contribution in [-0.4, -0.2) is 42.5 Å². The molecule has 5 nitrogen and oxygen atoms in total. The third kappa shape index (κ3) is 4.48. The van der Waals surface area contributed by atoms with E-state index in [0.717, 1.165) is 37.2 Å². The number of hydrogen-bond acceptors (Lipinski definition) is 3. The van der Waals surface area contributed by atoms with Gasteiger partial charge in [0.15, 0.2) is 6.61 Å². The number of para-hydroxylation sites is 1. The van der Waals surface area contributed by atoms with Crippen molar-refractivity contribution in [1.82, 2.24) is 10.2 Å². The summed E-state index contributed by atoms with van der Waals surface area (Å²) in [5.41, 5.74) is 1.02. The first-order valence-electron chi connectivity index (χ1n) is 7.85. The molecule has 0 radical (unpaired) electrons. The SMILES string of the molecule is CCC(=O)N1CCC(NC(=O)COc2ccccc2C)CC1. The zero-order valence-corrected chi connectivity index (χ0v) is 13.3. The maximum Gasteiger partial charge on any atom is 0.258 e. The van der Waals surface area contributed by atoms with Crippen molar-refractivity contribution >= 4 is 11.8 Å². The van der Waals surface area contributed by atoms with Crippen molar-refractivity contribution in [2.45, 2.75) is 39.2 Å². The van der Waals surface area contributed by atoms with E-state index in [2.05, 4.69) is 5.32 Å². The number of benzene rings is 1. The number of nitrogens with one attached hydrogen (secondary N) is 1. The first kappa shape index (κ1) is 16.3. The average molecular weight is 304 g/mol. The van der Waals surface area contributed by atoms with Crippen molar-refractivity contribution in [2.75, 3.05) is 19.7 Å². The topological polar surface area (TPSA) is 58.6 Å². The molecule has 1 aliphatic rings. The lowest BCUT2D eigenvalue weighted by Gasteiger charge is -2.32. The van der Waals surface area contributed by atoms with Crippen LogP contribution in [0.1, 0.15) is 31.7 Å². The molecule has 2 amide bonds. The highest BCUT2D eigenvalue weighted by molar-refractivity contribution is 5.78. The van der Waals surface area contributed by atoms with Gasteiger partial charge in [-0.05, 0) is 31.4 Å². The molecule has 120 valence electrons. The van der Waals surface area contributed by atoms with Gasteiger partial charge >= 0.3 is 0 Å². The average Bonchev–Trinajstić information content (AvgIpc) is 2.54. The lowest BCUT2D eigenvalue weighted by molar-refractivity contribution is -0.132. The predicted molar refractivity (Wildman–Crippen MR) is 84.7 cm³/mol. The first-order chi connectivity index (χ1) is 10.6. The van der Waals surface area contributed by atoms with Crippen LogP contribution in [-0.2, 0) is 9.59 Å². The summed E-state index contributed by atoms with van der Waals surface area (Å²) in [6.45, 7) is 5.29. The van der Waals surface area contributed by atoms with E-state index in [1.807, 2.05) is 43.0 Å². The van der Waals surface area contributed by atoms with Gasteiger partial charge in [-0.3, -0.25) is 9.59 Å². The molecule has 0 aliphatic carbocycles. The number of carbonyl (C=O) groups excluding carboxylic acids is 2. The summed E-state index contributed by atoms with van der Waals surface area (Å²) in [7, 11) is 0. The Bertz CT molecular complexity index is 522. The van der Waals surface area contributed by atoms with Gasteiger partial charge in [0.2, 0.25) is 5.91 Å². The third-order valence-corrected chi connectivity index (χ3v) is 3.97. The van der Waals surface area contributed by atoms with Gasteiger partial charge in [-0.2, -0.15) is 0 Å². The molecule has 1 saturated heterocycles. The Balaban J connectivity index is 1.72. The molecule has 1 heterocycles. The highest BCUT2D eigenvalue weighted by Gasteiger charge is 2.22. The molecule has 0 saturated carbocycles. The first-order valence-corrected chi connectivity index (χ1v) is 7.85. The maximum atomic E-state index is 12.0. The van der Waals surface area contributed by atoms with Crippen molar-refractivity contribution in [3.63, 3.8) is 0 Å². The quantitative estimate of drug-likeness (QED) is 0.904. The molecule has 1 N–H and O–H groups in total. The van der Waals surface area contributed by atoms with E-state index in [1.165, 1.54) is 0 Å². The number of aryl methyl sites for hydroxylation is 1. The molecule has 1 aliphatic heterocycles. The second kappa shape index (κ2) is 7.82. The van der Waals surface area contributed by atoms with E-state index >= 15 is 0 Å². The molecule has 0 bridgehead atoms. The predicted octanol–water partition coefficient (Wildman–Crippen LogP) is 1.89. The van der Waals surface area contributed by atoms with Crippen LogP contribution in [0.2, 0.25) is 0 Å². The van der Waals surface area contributed by atoms with Crippen molar-refractivity contribution in [2.24, 2.45) is 0 Å². The second-order valence-corrected chi connectivity index (χ2v) is 5.63. The molecule has 0 spiro atoms. The van der Waals surface area contributed by atoms with Crippen LogP contribution in [0.15, 0.2) is 24.3 Å². The van der Waals surface area contributed by atoms with Crippen LogP contribution >= 0.6 is 0 Å². The van der Waals surface area contributed by atoms with Crippen LogP contribution in [0.25, 0.3) is 0 Å². The van der Waals surface area contributed by atoms with Crippen molar-refractivity contribution in [1.29, 1.82) is 0 Å². The number of likely N-dealkylation sites (tertiary alicyclic amines) is 1. The van der Waals surface area contributed by atoms with Gasteiger partial charge in [0.1, 0.15) is 5.75 Å². The fourth-order valence-corrected chi connectivity index (χ4v) is 2.63. The summed E-state index contributed by atoms with van der Waals surface area (Å²) < 4.78 is 5.54. The normalized spacial score (nSPS) is 15.5. The number of amides is 2. The lowest BCUT2D eigenvalue weighted by Crippen LogP contribution is -2.47. The summed E-state index contributed by atoms with van der Waals surface area (Å²) in [4.78, 5) is 25.4. The molecule has 1 aromatic carbocycles. The zero-order valence-electron chi connectivity index (χ0n) is 13.3. The Kier molecular flexibility index (Phi) is 5.81. The highest BCUT2D eigenvalue weighted by atomic mass is 16.5. The van der Waals surface area contributed by atoms with Gasteiger partial charge < -0.3 is 15.0 Å². The van der Waals surface area contributed by atoms with E-state index in [1.54, 1.807) is 0 Å². The number of carbonyl (C=O) groups is 2. The van der Waals surface area contributed by atoms with Crippen LogP contribution in [0, 0.1) is 6.92 Å². The summed E-state index contributed by atoms with van der Waals surface area (Å²) in [5.74, 6) is 0.817. The molecule has 0 atom stereocenters. The molecule has 5 heteroatoms. The smallest absolute Gasteiger partial charge is 0.258 e. The van der Waals surface area contributed by atoms with Crippen LogP contribution in [0.3, 0.4) is 0 Å². The van der Waals surface area contributed by atoms with E-state index in [4.69, 9.17) is 4.74 Å². The molecule has 0 aromatic heterocycles. The molecular weight excluding hydrogens is 280 g/mol. The number of ether oxygens (including phenoxy) is 1. The van der Waals surface area contributed by atoms with Crippen molar-refractivity contribution in [3.8, 4) is 5.75 Å². The van der Waals surface area contributed by atoms with Crippen molar-refractivity contribution in [3.05, 3.63) is 29.8 Å². The Labute approximate surface area is 131 Å². The molecule has 2 rings (SSSR count). The molecular formula is C17H24N2O3. The number of hydrogen-bond donors (Lipinski definition) is 1. The Morgan fingerprint density at radius 1 is 1.27 bits per heavy atom. The lowest BCUT2D eigenvalue weighted by atomic mass is 10.0. The van der Waals surface area contributed by atoms with E-state index in [-0.39, 0.29) is 24.5 Å².